The van der Waals surface area contributed by atoms with Crippen molar-refractivity contribution in [1.82, 2.24) is 5.32 Å². The monoisotopic (exact) mass is 246 g/mol. The van der Waals surface area contributed by atoms with Crippen LogP contribution in [0.2, 0.25) is 0 Å². The van der Waals surface area contributed by atoms with Gasteiger partial charge in [0, 0.05) is 31.9 Å². The van der Waals surface area contributed by atoms with Crippen molar-refractivity contribution in [3.05, 3.63) is 29.8 Å². The minimum absolute atomic E-state index is 0.667. The largest absolute Gasteiger partial charge is 0.373 e. The molecule has 0 bridgehead atoms. The molecule has 18 heavy (non-hydrogen) atoms. The number of nitrogens with zero attached hydrogens (tertiary/aromatic N) is 1. The van der Waals surface area contributed by atoms with E-state index in [1.54, 1.807) is 0 Å². The standard InChI is InChI=1S/C16H26N2/c1-4-13(2)14-5-9-16(10-6-14)18(3)12-11-17-15-7-8-15/h5-6,9-10,13,15,17H,4,7-8,11-12H2,1-3H3. The second-order valence-corrected chi connectivity index (χ2v) is 5.55. The molecule has 0 spiro atoms. The topological polar surface area (TPSA) is 15.3 Å². The van der Waals surface area contributed by atoms with Crippen LogP contribution in [0.3, 0.4) is 0 Å². The van der Waals surface area contributed by atoms with E-state index in [0.717, 1.165) is 19.1 Å². The van der Waals surface area contributed by atoms with E-state index in [0.29, 0.717) is 5.92 Å². The summed E-state index contributed by atoms with van der Waals surface area (Å²) < 4.78 is 0. The first-order valence-electron chi connectivity index (χ1n) is 7.25. The van der Waals surface area contributed by atoms with Gasteiger partial charge >= 0.3 is 0 Å². The Morgan fingerprint density at radius 3 is 2.50 bits per heavy atom. The van der Waals surface area contributed by atoms with E-state index in [-0.39, 0.29) is 0 Å². The van der Waals surface area contributed by atoms with Gasteiger partial charge in [-0.2, -0.15) is 0 Å². The van der Waals surface area contributed by atoms with Crippen LogP contribution in [-0.4, -0.2) is 26.2 Å². The summed E-state index contributed by atoms with van der Waals surface area (Å²) in [7, 11) is 2.17. The molecule has 0 heterocycles. The van der Waals surface area contributed by atoms with E-state index < -0.39 is 0 Å². The van der Waals surface area contributed by atoms with E-state index in [9.17, 15) is 0 Å². The lowest BCUT2D eigenvalue weighted by Gasteiger charge is -2.20. The van der Waals surface area contributed by atoms with E-state index in [4.69, 9.17) is 0 Å². The van der Waals surface area contributed by atoms with Crippen LogP contribution in [0.5, 0.6) is 0 Å². The van der Waals surface area contributed by atoms with Crippen LogP contribution in [0, 0.1) is 0 Å². The highest BCUT2D eigenvalue weighted by Gasteiger charge is 2.19. The molecular formula is C16H26N2. The first-order valence-corrected chi connectivity index (χ1v) is 7.25. The van der Waals surface area contributed by atoms with Crippen molar-refractivity contribution >= 4 is 5.69 Å². The molecule has 2 rings (SSSR count). The maximum absolute atomic E-state index is 3.55. The Hall–Kier alpha value is -1.02. The average molecular weight is 246 g/mol. The Labute approximate surface area is 111 Å². The van der Waals surface area contributed by atoms with Crippen molar-refractivity contribution < 1.29 is 0 Å². The summed E-state index contributed by atoms with van der Waals surface area (Å²) in [6.07, 6.45) is 3.95. The molecule has 1 aliphatic carbocycles. The predicted molar refractivity (Wildman–Crippen MR) is 79.4 cm³/mol. The van der Waals surface area contributed by atoms with Crippen LogP contribution in [0.25, 0.3) is 0 Å². The molecule has 1 saturated carbocycles. The minimum Gasteiger partial charge on any atom is -0.373 e. The van der Waals surface area contributed by atoms with Crippen LogP contribution < -0.4 is 10.2 Å². The van der Waals surface area contributed by atoms with Crippen LogP contribution in [-0.2, 0) is 0 Å². The predicted octanol–water partition coefficient (Wildman–Crippen LogP) is 3.39. The summed E-state index contributed by atoms with van der Waals surface area (Å²) in [4.78, 5) is 2.33. The average Bonchev–Trinajstić information content (AvgIpc) is 3.22. The highest BCUT2D eigenvalue weighted by molar-refractivity contribution is 5.47. The molecule has 1 atom stereocenters. The van der Waals surface area contributed by atoms with Crippen LogP contribution in [0.1, 0.15) is 44.6 Å². The Balaban J connectivity index is 1.83. The SMILES string of the molecule is CCC(C)c1ccc(N(C)CCNC2CC2)cc1. The van der Waals surface area contributed by atoms with Gasteiger partial charge in [-0.1, -0.05) is 26.0 Å². The number of anilines is 1. The second-order valence-electron chi connectivity index (χ2n) is 5.55. The molecule has 0 aromatic heterocycles. The van der Waals surface area contributed by atoms with Gasteiger partial charge < -0.3 is 10.2 Å². The summed E-state index contributed by atoms with van der Waals surface area (Å²) >= 11 is 0. The highest BCUT2D eigenvalue weighted by atomic mass is 15.1. The van der Waals surface area contributed by atoms with E-state index in [2.05, 4.69) is 55.4 Å². The van der Waals surface area contributed by atoms with Crippen molar-refractivity contribution in [2.75, 3.05) is 25.0 Å². The fourth-order valence-electron chi connectivity index (χ4n) is 2.15. The molecule has 100 valence electrons. The Morgan fingerprint density at radius 1 is 1.28 bits per heavy atom. The van der Waals surface area contributed by atoms with Gasteiger partial charge in [-0.3, -0.25) is 0 Å². The van der Waals surface area contributed by atoms with Gasteiger partial charge in [-0.05, 0) is 42.9 Å². The molecule has 2 nitrogen and oxygen atoms in total. The highest BCUT2D eigenvalue weighted by Crippen LogP contribution is 2.22. The number of hydrogen-bond acceptors (Lipinski definition) is 2. The third kappa shape index (κ3) is 3.74. The molecule has 1 N–H and O–H groups in total. The summed E-state index contributed by atoms with van der Waals surface area (Å²) in [6, 6.07) is 9.85. The number of rotatable bonds is 7. The lowest BCUT2D eigenvalue weighted by atomic mass is 9.98. The van der Waals surface area contributed by atoms with Gasteiger partial charge in [0.25, 0.3) is 0 Å². The zero-order chi connectivity index (χ0) is 13.0. The van der Waals surface area contributed by atoms with E-state index in [1.165, 1.54) is 30.5 Å². The minimum atomic E-state index is 0.667. The molecule has 2 heteroatoms. The molecule has 0 radical (unpaired) electrons. The van der Waals surface area contributed by atoms with E-state index in [1.807, 2.05) is 0 Å². The molecule has 1 aromatic carbocycles. The number of likely N-dealkylation sites (N-methyl/N-ethyl adjacent to an activating group) is 1. The third-order valence-electron chi connectivity index (χ3n) is 3.97. The molecule has 0 aliphatic heterocycles. The lowest BCUT2D eigenvalue weighted by molar-refractivity contribution is 0.675. The fraction of sp³-hybridized carbons (Fsp3) is 0.625. The lowest BCUT2D eigenvalue weighted by Crippen LogP contribution is -2.30. The van der Waals surface area contributed by atoms with Crippen molar-refractivity contribution in [3.63, 3.8) is 0 Å². The summed E-state index contributed by atoms with van der Waals surface area (Å²) in [5, 5.41) is 3.55. The Kier molecular flexibility index (Phi) is 4.65. The summed E-state index contributed by atoms with van der Waals surface area (Å²) in [6.45, 7) is 6.71. The molecule has 1 aliphatic rings. The maximum atomic E-state index is 3.55. The fourth-order valence-corrected chi connectivity index (χ4v) is 2.15. The van der Waals surface area contributed by atoms with Gasteiger partial charge in [0.2, 0.25) is 0 Å². The van der Waals surface area contributed by atoms with Gasteiger partial charge in [0.15, 0.2) is 0 Å². The van der Waals surface area contributed by atoms with Crippen molar-refractivity contribution in [1.29, 1.82) is 0 Å². The first kappa shape index (κ1) is 13.4. The molecule has 1 fully saturated rings. The zero-order valence-corrected chi connectivity index (χ0v) is 11.9. The normalized spacial score (nSPS) is 16.6. The third-order valence-corrected chi connectivity index (χ3v) is 3.97. The van der Waals surface area contributed by atoms with Crippen LogP contribution >= 0.6 is 0 Å². The van der Waals surface area contributed by atoms with Crippen molar-refractivity contribution in [2.24, 2.45) is 0 Å². The molecule has 0 amide bonds. The number of nitrogens with one attached hydrogen (secondary N) is 1. The van der Waals surface area contributed by atoms with Gasteiger partial charge in [0.05, 0.1) is 0 Å². The smallest absolute Gasteiger partial charge is 0.0364 e. The van der Waals surface area contributed by atoms with Crippen molar-refractivity contribution in [2.45, 2.75) is 45.1 Å². The Bertz CT molecular complexity index is 354. The van der Waals surface area contributed by atoms with Crippen LogP contribution in [0.15, 0.2) is 24.3 Å². The summed E-state index contributed by atoms with van der Waals surface area (Å²) in [5.74, 6) is 0.667. The molecule has 1 aromatic rings. The molecular weight excluding hydrogens is 220 g/mol. The Morgan fingerprint density at radius 2 is 1.94 bits per heavy atom. The quantitative estimate of drug-likeness (QED) is 0.793. The van der Waals surface area contributed by atoms with E-state index >= 15 is 0 Å². The summed E-state index contributed by atoms with van der Waals surface area (Å²) in [5.41, 5.74) is 2.77. The maximum Gasteiger partial charge on any atom is 0.0364 e. The van der Waals surface area contributed by atoms with Crippen LogP contribution in [0.4, 0.5) is 5.69 Å². The van der Waals surface area contributed by atoms with Gasteiger partial charge in [-0.15, -0.1) is 0 Å². The number of benzene rings is 1. The zero-order valence-electron chi connectivity index (χ0n) is 11.9. The van der Waals surface area contributed by atoms with Gasteiger partial charge in [-0.25, -0.2) is 0 Å². The van der Waals surface area contributed by atoms with Gasteiger partial charge in [0.1, 0.15) is 0 Å². The molecule has 0 saturated heterocycles. The number of hydrogen-bond donors (Lipinski definition) is 1. The van der Waals surface area contributed by atoms with Crippen molar-refractivity contribution in [3.8, 4) is 0 Å². The second kappa shape index (κ2) is 6.24. The first-order chi connectivity index (χ1) is 8.70. The molecule has 1 unspecified atom stereocenters.